The van der Waals surface area contributed by atoms with Gasteiger partial charge >= 0.3 is 6.09 Å². The third-order valence-electron chi connectivity index (χ3n) is 2.12. The highest BCUT2D eigenvalue weighted by Gasteiger charge is 2.23. The number of unbranched alkanes of at least 4 members (excludes halogenated alkanes) is 2. The van der Waals surface area contributed by atoms with Gasteiger partial charge in [-0.3, -0.25) is 0 Å². The van der Waals surface area contributed by atoms with Gasteiger partial charge in [-0.25, -0.2) is 14.8 Å². The van der Waals surface area contributed by atoms with Crippen molar-refractivity contribution >= 4 is 6.09 Å². The minimum atomic E-state index is -0.452. The van der Waals surface area contributed by atoms with E-state index in [9.17, 15) is 4.79 Å². The van der Waals surface area contributed by atoms with Crippen molar-refractivity contribution in [3.05, 3.63) is 12.7 Å². The Bertz CT molecular complexity index is 244. The lowest BCUT2D eigenvalue weighted by Crippen LogP contribution is -2.45. The molecule has 0 aromatic rings. The maximum absolute atomic E-state index is 11.9. The fraction of sp³-hybridized carbons (Fsp3) is 0.769. The largest absolute Gasteiger partial charge is 0.443 e. The van der Waals surface area contributed by atoms with E-state index in [2.05, 4.69) is 6.58 Å². The Labute approximate surface area is 105 Å². The summed E-state index contributed by atoms with van der Waals surface area (Å²) in [6, 6.07) is 0. The molecule has 0 fully saturated rings. The molecule has 0 aliphatic carbocycles. The molecule has 0 rings (SSSR count). The molecule has 0 aliphatic rings. The standard InChI is InChI=1S/C13H26N2O2/c1-7-8-9-10-11-15(14(5)6)12(16)17-13(2,3)4/h7H,1,8-11H2,2-6H3. The van der Waals surface area contributed by atoms with Gasteiger partial charge in [-0.05, 0) is 40.0 Å². The summed E-state index contributed by atoms with van der Waals surface area (Å²) in [5, 5.41) is 3.39. The first-order valence-electron chi connectivity index (χ1n) is 6.06. The first-order chi connectivity index (χ1) is 7.78. The van der Waals surface area contributed by atoms with Crippen LogP contribution in [0, 0.1) is 0 Å². The van der Waals surface area contributed by atoms with Gasteiger partial charge in [0.2, 0.25) is 0 Å². The van der Waals surface area contributed by atoms with Crippen molar-refractivity contribution in [3.8, 4) is 0 Å². The summed E-state index contributed by atoms with van der Waals surface area (Å²) < 4.78 is 5.34. The molecule has 0 bridgehead atoms. The van der Waals surface area contributed by atoms with Crippen molar-refractivity contribution in [3.63, 3.8) is 0 Å². The third-order valence-corrected chi connectivity index (χ3v) is 2.12. The molecule has 0 aliphatic heterocycles. The van der Waals surface area contributed by atoms with Crippen molar-refractivity contribution in [2.75, 3.05) is 20.6 Å². The summed E-state index contributed by atoms with van der Waals surface area (Å²) in [6.45, 7) is 9.97. The second-order valence-electron chi connectivity index (χ2n) is 5.24. The normalized spacial score (nSPS) is 11.4. The molecule has 4 heteroatoms. The summed E-state index contributed by atoms with van der Waals surface area (Å²) in [5.74, 6) is 0. The van der Waals surface area contributed by atoms with Gasteiger partial charge < -0.3 is 4.74 Å². The van der Waals surface area contributed by atoms with Crippen molar-refractivity contribution in [2.45, 2.75) is 45.6 Å². The van der Waals surface area contributed by atoms with Gasteiger partial charge in [0.1, 0.15) is 5.60 Å². The number of hydrogen-bond acceptors (Lipinski definition) is 3. The number of hydrogen-bond donors (Lipinski definition) is 0. The fourth-order valence-corrected chi connectivity index (χ4v) is 1.32. The average molecular weight is 242 g/mol. The molecular formula is C13H26N2O2. The first kappa shape index (κ1) is 16.0. The van der Waals surface area contributed by atoms with E-state index in [1.165, 1.54) is 0 Å². The van der Waals surface area contributed by atoms with Crippen molar-refractivity contribution < 1.29 is 9.53 Å². The van der Waals surface area contributed by atoms with Crippen LogP contribution in [0.15, 0.2) is 12.7 Å². The van der Waals surface area contributed by atoms with Gasteiger partial charge in [-0.15, -0.1) is 6.58 Å². The predicted octanol–water partition coefficient (Wildman–Crippen LogP) is 3.06. The monoisotopic (exact) mass is 242 g/mol. The molecule has 1 amide bonds. The molecule has 0 spiro atoms. The second-order valence-corrected chi connectivity index (χ2v) is 5.24. The van der Waals surface area contributed by atoms with E-state index < -0.39 is 5.60 Å². The summed E-state index contributed by atoms with van der Waals surface area (Å²) in [5.41, 5.74) is -0.452. The number of hydrazine groups is 1. The SMILES string of the molecule is C=CCCCCN(C(=O)OC(C)(C)C)N(C)C. The van der Waals surface area contributed by atoms with Crippen molar-refractivity contribution in [2.24, 2.45) is 0 Å². The van der Waals surface area contributed by atoms with Crippen LogP contribution < -0.4 is 0 Å². The molecule has 100 valence electrons. The summed E-state index contributed by atoms with van der Waals surface area (Å²) in [4.78, 5) is 11.9. The maximum Gasteiger partial charge on any atom is 0.424 e. The van der Waals surface area contributed by atoms with Crippen molar-refractivity contribution in [1.82, 2.24) is 10.0 Å². The van der Waals surface area contributed by atoms with Crippen LogP contribution in [0.4, 0.5) is 4.79 Å². The van der Waals surface area contributed by atoms with E-state index in [1.54, 1.807) is 10.0 Å². The number of allylic oxidation sites excluding steroid dienone is 1. The molecule has 0 radical (unpaired) electrons. The van der Waals surface area contributed by atoms with Gasteiger partial charge in [-0.2, -0.15) is 0 Å². The molecule has 0 saturated carbocycles. The molecule has 0 N–H and O–H groups in total. The summed E-state index contributed by atoms with van der Waals surface area (Å²) in [6.07, 6.45) is 4.57. The third kappa shape index (κ3) is 7.80. The van der Waals surface area contributed by atoms with Crippen LogP contribution in [0.2, 0.25) is 0 Å². The number of nitrogens with zero attached hydrogens (tertiary/aromatic N) is 2. The number of ether oxygens (including phenoxy) is 1. The van der Waals surface area contributed by atoms with Crippen LogP contribution >= 0.6 is 0 Å². The van der Waals surface area contributed by atoms with Crippen molar-refractivity contribution in [1.29, 1.82) is 0 Å². The lowest BCUT2D eigenvalue weighted by molar-refractivity contribution is -0.0288. The number of carbonyl (C=O) groups excluding carboxylic acids is 1. The van der Waals surface area contributed by atoms with Crippen LogP contribution in [0.3, 0.4) is 0 Å². The van der Waals surface area contributed by atoms with Crippen LogP contribution in [-0.2, 0) is 4.74 Å². The smallest absolute Gasteiger partial charge is 0.424 e. The predicted molar refractivity (Wildman–Crippen MR) is 70.7 cm³/mol. The molecule has 0 aromatic heterocycles. The molecule has 0 saturated heterocycles. The van der Waals surface area contributed by atoms with E-state index in [1.807, 2.05) is 40.9 Å². The van der Waals surface area contributed by atoms with Gasteiger partial charge in [0.25, 0.3) is 0 Å². The zero-order chi connectivity index (χ0) is 13.5. The Hall–Kier alpha value is -1.03. The van der Waals surface area contributed by atoms with Gasteiger partial charge in [0.15, 0.2) is 0 Å². The van der Waals surface area contributed by atoms with Gasteiger partial charge in [0, 0.05) is 20.6 Å². The fourth-order valence-electron chi connectivity index (χ4n) is 1.32. The van der Waals surface area contributed by atoms with E-state index in [0.717, 1.165) is 19.3 Å². The first-order valence-corrected chi connectivity index (χ1v) is 6.06. The highest BCUT2D eigenvalue weighted by Crippen LogP contribution is 2.11. The average Bonchev–Trinajstić information content (AvgIpc) is 2.14. The Morgan fingerprint density at radius 1 is 1.29 bits per heavy atom. The molecule has 0 heterocycles. The molecule has 0 atom stereocenters. The van der Waals surface area contributed by atoms with Gasteiger partial charge in [-0.1, -0.05) is 6.08 Å². The minimum Gasteiger partial charge on any atom is -0.443 e. The molecular weight excluding hydrogens is 216 g/mol. The number of carbonyl (C=O) groups is 1. The van der Waals surface area contributed by atoms with Crippen LogP contribution in [0.25, 0.3) is 0 Å². The number of amides is 1. The zero-order valence-electron chi connectivity index (χ0n) is 11.8. The molecule has 0 unspecified atom stereocenters. The quantitative estimate of drug-likeness (QED) is 0.408. The van der Waals surface area contributed by atoms with Crippen LogP contribution in [0.1, 0.15) is 40.0 Å². The minimum absolute atomic E-state index is 0.291. The summed E-state index contributed by atoms with van der Waals surface area (Å²) in [7, 11) is 3.69. The van der Waals surface area contributed by atoms with E-state index in [0.29, 0.717) is 6.54 Å². The number of rotatable bonds is 6. The highest BCUT2D eigenvalue weighted by molar-refractivity contribution is 5.67. The Balaban J connectivity index is 4.22. The highest BCUT2D eigenvalue weighted by atomic mass is 16.6. The maximum atomic E-state index is 11.9. The summed E-state index contributed by atoms with van der Waals surface area (Å²) >= 11 is 0. The Morgan fingerprint density at radius 2 is 1.88 bits per heavy atom. The lowest BCUT2D eigenvalue weighted by Gasteiger charge is -2.31. The Kier molecular flexibility index (Phi) is 6.88. The molecule has 0 aromatic carbocycles. The topological polar surface area (TPSA) is 32.8 Å². The molecule has 17 heavy (non-hydrogen) atoms. The lowest BCUT2D eigenvalue weighted by atomic mass is 10.2. The Morgan fingerprint density at radius 3 is 2.29 bits per heavy atom. The second kappa shape index (κ2) is 7.33. The van der Waals surface area contributed by atoms with Crippen LogP contribution in [-0.4, -0.2) is 42.4 Å². The van der Waals surface area contributed by atoms with E-state index >= 15 is 0 Å². The van der Waals surface area contributed by atoms with Crippen LogP contribution in [0.5, 0.6) is 0 Å². The van der Waals surface area contributed by atoms with E-state index in [-0.39, 0.29) is 6.09 Å². The van der Waals surface area contributed by atoms with E-state index in [4.69, 9.17) is 4.74 Å². The zero-order valence-corrected chi connectivity index (χ0v) is 11.8. The molecule has 4 nitrogen and oxygen atoms in total. The van der Waals surface area contributed by atoms with Gasteiger partial charge in [0.05, 0.1) is 0 Å².